The van der Waals surface area contributed by atoms with Gasteiger partial charge in [0.25, 0.3) is 0 Å². The van der Waals surface area contributed by atoms with Crippen molar-refractivity contribution in [2.24, 2.45) is 0 Å². The average molecular weight is 301 g/mol. The molecule has 0 radical (unpaired) electrons. The molecular weight excluding hydrogens is 284 g/mol. The fraction of sp³-hybridized carbons (Fsp3) is 0.235. The molecule has 0 aliphatic heterocycles. The molecule has 1 aromatic carbocycles. The van der Waals surface area contributed by atoms with Crippen LogP contribution >= 0.6 is 11.6 Å². The Balaban J connectivity index is 2.05. The number of hydrogen-bond acceptors (Lipinski definition) is 2. The van der Waals surface area contributed by atoms with Crippen LogP contribution in [0.15, 0.2) is 36.7 Å². The number of aromatic nitrogens is 2. The largest absolute Gasteiger partial charge is 0.496 e. The molecule has 108 valence electrons. The number of aryl methyl sites for hydroxylation is 1. The zero-order chi connectivity index (χ0) is 15.0. The van der Waals surface area contributed by atoms with E-state index in [1.54, 1.807) is 7.11 Å². The lowest BCUT2D eigenvalue weighted by Crippen LogP contribution is -2.05. The minimum Gasteiger partial charge on any atom is -0.496 e. The molecule has 0 bridgehead atoms. The molecular formula is C17H17ClN2O. The molecule has 0 amide bonds. The minimum atomic E-state index is 0.701. The van der Waals surface area contributed by atoms with Gasteiger partial charge in [-0.1, -0.05) is 17.7 Å². The number of nitrogens with zero attached hydrogens (tertiary/aromatic N) is 2. The summed E-state index contributed by atoms with van der Waals surface area (Å²) in [5.74, 6) is 0.912. The summed E-state index contributed by atoms with van der Waals surface area (Å²) < 4.78 is 7.63. The lowest BCUT2D eigenvalue weighted by Gasteiger charge is -2.13. The Hall–Kier alpha value is -2.00. The second-order valence-corrected chi connectivity index (χ2v) is 5.57. The molecule has 2 aromatic heterocycles. The van der Waals surface area contributed by atoms with Gasteiger partial charge in [-0.3, -0.25) is 4.98 Å². The number of benzene rings is 1. The molecule has 21 heavy (non-hydrogen) atoms. The molecule has 0 atom stereocenters. The molecule has 0 spiro atoms. The number of fused-ring (bicyclic) bond motifs is 1. The van der Waals surface area contributed by atoms with Crippen LogP contribution in [0.5, 0.6) is 5.75 Å². The van der Waals surface area contributed by atoms with Crippen molar-refractivity contribution >= 4 is 22.5 Å². The topological polar surface area (TPSA) is 27.1 Å². The van der Waals surface area contributed by atoms with Crippen LogP contribution in [0.3, 0.4) is 0 Å². The number of rotatable bonds is 3. The van der Waals surface area contributed by atoms with Gasteiger partial charge in [-0.2, -0.15) is 0 Å². The highest BCUT2D eigenvalue weighted by atomic mass is 35.5. The second kappa shape index (κ2) is 5.41. The number of methoxy groups -OCH3 is 1. The van der Waals surface area contributed by atoms with E-state index in [4.69, 9.17) is 16.3 Å². The molecule has 0 aliphatic rings. The van der Waals surface area contributed by atoms with Gasteiger partial charge in [0.15, 0.2) is 0 Å². The quantitative estimate of drug-likeness (QED) is 0.718. The van der Waals surface area contributed by atoms with Crippen molar-refractivity contribution in [2.45, 2.75) is 20.4 Å². The zero-order valence-electron chi connectivity index (χ0n) is 12.4. The van der Waals surface area contributed by atoms with Crippen LogP contribution in [0.4, 0.5) is 0 Å². The summed E-state index contributed by atoms with van der Waals surface area (Å²) in [7, 11) is 1.70. The van der Waals surface area contributed by atoms with Crippen LogP contribution in [0.2, 0.25) is 5.02 Å². The van der Waals surface area contributed by atoms with Gasteiger partial charge >= 0.3 is 0 Å². The van der Waals surface area contributed by atoms with E-state index in [0.717, 1.165) is 38.5 Å². The molecule has 0 unspecified atom stereocenters. The van der Waals surface area contributed by atoms with Crippen LogP contribution in [0.1, 0.15) is 16.8 Å². The van der Waals surface area contributed by atoms with Crippen LogP contribution in [-0.2, 0) is 6.54 Å². The predicted octanol–water partition coefficient (Wildman–Crippen LogP) is 4.36. The fourth-order valence-corrected chi connectivity index (χ4v) is 2.95. The second-order valence-electron chi connectivity index (χ2n) is 5.16. The Morgan fingerprint density at radius 2 is 2.05 bits per heavy atom. The Bertz CT molecular complexity index is 808. The van der Waals surface area contributed by atoms with E-state index >= 15 is 0 Å². The van der Waals surface area contributed by atoms with Crippen molar-refractivity contribution in [1.29, 1.82) is 0 Å². The van der Waals surface area contributed by atoms with Gasteiger partial charge in [0, 0.05) is 39.4 Å². The summed E-state index contributed by atoms with van der Waals surface area (Å²) in [5.41, 5.74) is 4.26. The third-order valence-corrected chi connectivity index (χ3v) is 4.16. The Morgan fingerprint density at radius 1 is 1.24 bits per heavy atom. The molecule has 0 N–H and O–H groups in total. The van der Waals surface area contributed by atoms with Crippen LogP contribution in [-0.4, -0.2) is 16.7 Å². The van der Waals surface area contributed by atoms with E-state index in [0.29, 0.717) is 6.54 Å². The molecule has 0 saturated carbocycles. The van der Waals surface area contributed by atoms with Gasteiger partial charge in [0.05, 0.1) is 19.3 Å². The molecule has 0 saturated heterocycles. The van der Waals surface area contributed by atoms with E-state index in [1.807, 2.05) is 44.4 Å². The maximum Gasteiger partial charge on any atom is 0.128 e. The Morgan fingerprint density at radius 3 is 2.81 bits per heavy atom. The zero-order valence-corrected chi connectivity index (χ0v) is 13.1. The summed E-state index contributed by atoms with van der Waals surface area (Å²) in [6, 6.07) is 7.99. The molecule has 3 aromatic rings. The van der Waals surface area contributed by atoms with Gasteiger partial charge < -0.3 is 9.30 Å². The van der Waals surface area contributed by atoms with Crippen LogP contribution in [0.25, 0.3) is 10.9 Å². The van der Waals surface area contributed by atoms with Crippen molar-refractivity contribution in [3.63, 3.8) is 0 Å². The highest BCUT2D eigenvalue weighted by Gasteiger charge is 2.11. The third-order valence-electron chi connectivity index (χ3n) is 3.83. The number of ether oxygens (including phenoxy) is 1. The lowest BCUT2D eigenvalue weighted by molar-refractivity contribution is 0.406. The molecule has 0 fully saturated rings. The molecule has 3 rings (SSSR count). The van der Waals surface area contributed by atoms with Crippen LogP contribution in [0, 0.1) is 13.8 Å². The predicted molar refractivity (Wildman–Crippen MR) is 86.3 cm³/mol. The van der Waals surface area contributed by atoms with E-state index in [-0.39, 0.29) is 0 Å². The summed E-state index contributed by atoms with van der Waals surface area (Å²) in [4.78, 5) is 4.56. The summed E-state index contributed by atoms with van der Waals surface area (Å²) in [5, 5.41) is 1.84. The normalized spacial score (nSPS) is 11.0. The van der Waals surface area contributed by atoms with E-state index in [2.05, 4.69) is 15.6 Å². The van der Waals surface area contributed by atoms with Gasteiger partial charge in [-0.15, -0.1) is 0 Å². The van der Waals surface area contributed by atoms with E-state index in [1.165, 1.54) is 0 Å². The standard InChI is InChI=1S/C17H17ClN2O/c1-11-9-19-15(12(2)17(11)21-3)10-20-8-7-13-14(18)5-4-6-16(13)20/h4-9H,10H2,1-3H3. The van der Waals surface area contributed by atoms with Crippen molar-refractivity contribution < 1.29 is 4.74 Å². The maximum atomic E-state index is 6.22. The van der Waals surface area contributed by atoms with Gasteiger partial charge in [0.2, 0.25) is 0 Å². The maximum absolute atomic E-state index is 6.22. The smallest absolute Gasteiger partial charge is 0.128 e. The first-order chi connectivity index (χ1) is 10.1. The number of pyridine rings is 1. The first-order valence-electron chi connectivity index (χ1n) is 6.84. The third kappa shape index (κ3) is 2.38. The lowest BCUT2D eigenvalue weighted by atomic mass is 10.1. The SMILES string of the molecule is COc1c(C)cnc(Cn2ccc3c(Cl)cccc32)c1C. The van der Waals surface area contributed by atoms with Crippen molar-refractivity contribution in [3.8, 4) is 5.75 Å². The first kappa shape index (κ1) is 14.0. The summed E-state index contributed by atoms with van der Waals surface area (Å²) in [6.07, 6.45) is 3.91. The first-order valence-corrected chi connectivity index (χ1v) is 7.22. The summed E-state index contributed by atoms with van der Waals surface area (Å²) >= 11 is 6.22. The molecule has 4 heteroatoms. The van der Waals surface area contributed by atoms with Crippen LogP contribution < -0.4 is 4.74 Å². The molecule has 0 aliphatic carbocycles. The van der Waals surface area contributed by atoms with Crippen molar-refractivity contribution in [1.82, 2.24) is 9.55 Å². The van der Waals surface area contributed by atoms with Crippen molar-refractivity contribution in [2.75, 3.05) is 7.11 Å². The average Bonchev–Trinajstić information content (AvgIpc) is 2.87. The van der Waals surface area contributed by atoms with Gasteiger partial charge in [0.1, 0.15) is 5.75 Å². The number of hydrogen-bond donors (Lipinski definition) is 0. The minimum absolute atomic E-state index is 0.701. The molecule has 3 nitrogen and oxygen atoms in total. The van der Waals surface area contributed by atoms with Gasteiger partial charge in [-0.05, 0) is 32.0 Å². The Kier molecular flexibility index (Phi) is 3.60. The summed E-state index contributed by atoms with van der Waals surface area (Å²) in [6.45, 7) is 4.76. The highest BCUT2D eigenvalue weighted by molar-refractivity contribution is 6.35. The fourth-order valence-electron chi connectivity index (χ4n) is 2.72. The number of halogens is 1. The highest BCUT2D eigenvalue weighted by Crippen LogP contribution is 2.27. The monoisotopic (exact) mass is 300 g/mol. The van der Waals surface area contributed by atoms with E-state index < -0.39 is 0 Å². The van der Waals surface area contributed by atoms with Crippen molar-refractivity contribution in [3.05, 3.63) is 58.5 Å². The Labute approximate surface area is 129 Å². The van der Waals surface area contributed by atoms with E-state index in [9.17, 15) is 0 Å². The molecule has 2 heterocycles. The van der Waals surface area contributed by atoms with Gasteiger partial charge in [-0.25, -0.2) is 0 Å².